The monoisotopic (exact) mass is 230 g/mol. The van der Waals surface area contributed by atoms with Crippen molar-refractivity contribution in [1.82, 2.24) is 10.6 Å². The van der Waals surface area contributed by atoms with Crippen LogP contribution in [-0.4, -0.2) is 36.3 Å². The molecule has 0 aromatic carbocycles. The summed E-state index contributed by atoms with van der Waals surface area (Å²) in [6.45, 7) is 7.71. The molecule has 0 radical (unpaired) electrons. The first-order valence-corrected chi connectivity index (χ1v) is 6.07. The molecule has 1 rings (SSSR count). The molecule has 0 heterocycles. The molecule has 2 atom stereocenters. The van der Waals surface area contributed by atoms with E-state index in [4.69, 9.17) is 10.2 Å². The van der Waals surface area contributed by atoms with Crippen LogP contribution in [0.15, 0.2) is 0 Å². The number of aliphatic hydroxyl groups is 2. The summed E-state index contributed by atoms with van der Waals surface area (Å²) in [6, 6.07) is 0.374. The molecule has 0 aromatic rings. The van der Waals surface area contributed by atoms with Gasteiger partial charge in [0, 0.05) is 12.6 Å². The Bertz CT molecular complexity index is 221. The van der Waals surface area contributed by atoms with Gasteiger partial charge in [0.2, 0.25) is 0 Å². The highest BCUT2D eigenvalue weighted by Crippen LogP contribution is 2.45. The first-order chi connectivity index (χ1) is 7.41. The zero-order chi connectivity index (χ0) is 12.2. The zero-order valence-electron chi connectivity index (χ0n) is 10.7. The van der Waals surface area contributed by atoms with Gasteiger partial charge in [0.15, 0.2) is 0 Å². The van der Waals surface area contributed by atoms with E-state index in [-0.39, 0.29) is 24.3 Å². The number of rotatable bonds is 5. The van der Waals surface area contributed by atoms with Crippen LogP contribution in [0.25, 0.3) is 0 Å². The Kier molecular flexibility index (Phi) is 4.73. The fourth-order valence-electron chi connectivity index (χ4n) is 3.40. The van der Waals surface area contributed by atoms with Gasteiger partial charge in [0.1, 0.15) is 0 Å². The van der Waals surface area contributed by atoms with Gasteiger partial charge in [-0.1, -0.05) is 20.8 Å². The van der Waals surface area contributed by atoms with Crippen LogP contribution in [0, 0.1) is 10.8 Å². The Hall–Kier alpha value is -0.160. The van der Waals surface area contributed by atoms with Crippen molar-refractivity contribution in [2.45, 2.75) is 46.1 Å². The van der Waals surface area contributed by atoms with E-state index in [1.165, 1.54) is 0 Å². The molecule has 16 heavy (non-hydrogen) atoms. The normalized spacial score (nSPS) is 33.9. The lowest BCUT2D eigenvalue weighted by Gasteiger charge is -2.47. The molecule has 0 amide bonds. The third-order valence-electron chi connectivity index (χ3n) is 3.49. The molecule has 1 aliphatic carbocycles. The van der Waals surface area contributed by atoms with E-state index in [1.807, 2.05) is 0 Å². The Morgan fingerprint density at radius 3 is 2.38 bits per heavy atom. The molecule has 0 aromatic heterocycles. The van der Waals surface area contributed by atoms with E-state index in [9.17, 15) is 0 Å². The lowest BCUT2D eigenvalue weighted by molar-refractivity contribution is 0.0548. The average Bonchev–Trinajstić information content (AvgIpc) is 2.12. The second-order valence-corrected chi connectivity index (χ2v) is 6.20. The second kappa shape index (κ2) is 5.45. The van der Waals surface area contributed by atoms with Crippen molar-refractivity contribution in [3.8, 4) is 0 Å². The number of nitrogens with one attached hydrogen (secondary N) is 2. The molecule has 1 saturated carbocycles. The van der Waals surface area contributed by atoms with E-state index in [2.05, 4.69) is 31.4 Å². The zero-order valence-corrected chi connectivity index (χ0v) is 10.7. The summed E-state index contributed by atoms with van der Waals surface area (Å²) in [4.78, 5) is 0. The second-order valence-electron chi connectivity index (χ2n) is 6.20. The van der Waals surface area contributed by atoms with E-state index < -0.39 is 0 Å². The van der Waals surface area contributed by atoms with Gasteiger partial charge < -0.3 is 10.2 Å². The molecule has 4 nitrogen and oxygen atoms in total. The Labute approximate surface area is 98.4 Å². The highest BCUT2D eigenvalue weighted by atomic mass is 16.3. The summed E-state index contributed by atoms with van der Waals surface area (Å²) in [5.74, 6) is 0. The van der Waals surface area contributed by atoms with E-state index in [1.54, 1.807) is 0 Å². The Morgan fingerprint density at radius 1 is 1.12 bits per heavy atom. The molecule has 1 fully saturated rings. The van der Waals surface area contributed by atoms with Crippen molar-refractivity contribution in [2.75, 3.05) is 20.0 Å². The number of aliphatic hydroxyl groups excluding tert-OH is 2. The minimum absolute atomic E-state index is 0.0358. The van der Waals surface area contributed by atoms with Crippen molar-refractivity contribution in [3.63, 3.8) is 0 Å². The molecular formula is C12H26N2O2. The van der Waals surface area contributed by atoms with Crippen LogP contribution in [0.2, 0.25) is 0 Å². The molecule has 0 saturated heterocycles. The lowest BCUT2D eigenvalue weighted by atomic mass is 9.62. The minimum atomic E-state index is 0.0358. The predicted molar refractivity (Wildman–Crippen MR) is 64.8 cm³/mol. The van der Waals surface area contributed by atoms with Gasteiger partial charge in [-0.05, 0) is 30.1 Å². The molecule has 4 N–H and O–H groups in total. The van der Waals surface area contributed by atoms with Crippen molar-refractivity contribution >= 4 is 0 Å². The van der Waals surface area contributed by atoms with Gasteiger partial charge >= 0.3 is 0 Å². The molecule has 0 aliphatic heterocycles. The molecule has 96 valence electrons. The topological polar surface area (TPSA) is 64.5 Å². The van der Waals surface area contributed by atoms with Gasteiger partial charge in [-0.25, -0.2) is 0 Å². The van der Waals surface area contributed by atoms with Crippen LogP contribution in [0.4, 0.5) is 0 Å². The minimum Gasteiger partial charge on any atom is -0.381 e. The average molecular weight is 230 g/mol. The highest BCUT2D eigenvalue weighted by molar-refractivity contribution is 4.94. The molecule has 1 aliphatic rings. The largest absolute Gasteiger partial charge is 0.381 e. The maximum Gasteiger partial charge on any atom is 0.0933 e. The molecule has 0 spiro atoms. The van der Waals surface area contributed by atoms with Gasteiger partial charge in [0.25, 0.3) is 0 Å². The third-order valence-corrected chi connectivity index (χ3v) is 3.49. The molecule has 2 unspecified atom stereocenters. The van der Waals surface area contributed by atoms with E-state index in [0.29, 0.717) is 6.04 Å². The van der Waals surface area contributed by atoms with Crippen LogP contribution < -0.4 is 10.6 Å². The Morgan fingerprint density at radius 2 is 1.81 bits per heavy atom. The predicted octanol–water partition coefficient (Wildman–Crippen LogP) is 0.650. The molecule has 4 heteroatoms. The third kappa shape index (κ3) is 4.01. The van der Waals surface area contributed by atoms with Crippen molar-refractivity contribution in [2.24, 2.45) is 10.8 Å². The Balaban J connectivity index is 2.63. The first-order valence-electron chi connectivity index (χ1n) is 6.07. The van der Waals surface area contributed by atoms with Crippen LogP contribution >= 0.6 is 0 Å². The molecular weight excluding hydrogens is 204 g/mol. The highest BCUT2D eigenvalue weighted by Gasteiger charge is 2.40. The molecule has 0 bridgehead atoms. The van der Waals surface area contributed by atoms with Crippen LogP contribution in [0.3, 0.4) is 0 Å². The number of hydrogen-bond acceptors (Lipinski definition) is 4. The maximum absolute atomic E-state index is 8.97. The summed E-state index contributed by atoms with van der Waals surface area (Å²) < 4.78 is 0. The summed E-state index contributed by atoms with van der Waals surface area (Å²) in [7, 11) is 0. The summed E-state index contributed by atoms with van der Waals surface area (Å²) in [6.07, 6.45) is 3.29. The summed E-state index contributed by atoms with van der Waals surface area (Å²) in [5, 5.41) is 24.0. The SMILES string of the molecule is CC1(C)CC(NCO)CC(C)(CNCO)C1. The van der Waals surface area contributed by atoms with E-state index >= 15 is 0 Å². The maximum atomic E-state index is 8.97. The fourth-order valence-corrected chi connectivity index (χ4v) is 3.40. The van der Waals surface area contributed by atoms with Crippen LogP contribution in [0.1, 0.15) is 40.0 Å². The van der Waals surface area contributed by atoms with Crippen LogP contribution in [-0.2, 0) is 0 Å². The van der Waals surface area contributed by atoms with Gasteiger partial charge in [-0.15, -0.1) is 0 Å². The van der Waals surface area contributed by atoms with Crippen LogP contribution in [0.5, 0.6) is 0 Å². The quantitative estimate of drug-likeness (QED) is 0.524. The van der Waals surface area contributed by atoms with Gasteiger partial charge in [-0.2, -0.15) is 0 Å². The smallest absolute Gasteiger partial charge is 0.0933 e. The lowest BCUT2D eigenvalue weighted by Crippen LogP contribution is -2.48. The van der Waals surface area contributed by atoms with Crippen molar-refractivity contribution < 1.29 is 10.2 Å². The van der Waals surface area contributed by atoms with Gasteiger partial charge in [0.05, 0.1) is 13.5 Å². The van der Waals surface area contributed by atoms with Gasteiger partial charge in [-0.3, -0.25) is 10.6 Å². The summed E-state index contributed by atoms with van der Waals surface area (Å²) >= 11 is 0. The standard InChI is InChI=1S/C12H26N2O2/c1-11(2)4-10(14-9-16)5-12(3,6-11)7-13-8-15/h10,13-16H,4-9H2,1-3H3. The van der Waals surface area contributed by atoms with Crippen molar-refractivity contribution in [3.05, 3.63) is 0 Å². The number of hydrogen-bond donors (Lipinski definition) is 4. The first kappa shape index (κ1) is 13.9. The fraction of sp³-hybridized carbons (Fsp3) is 1.00. The summed E-state index contributed by atoms with van der Waals surface area (Å²) in [5.41, 5.74) is 0.480. The van der Waals surface area contributed by atoms with Crippen molar-refractivity contribution in [1.29, 1.82) is 0 Å². The van der Waals surface area contributed by atoms with E-state index in [0.717, 1.165) is 25.8 Å².